The van der Waals surface area contributed by atoms with Crippen molar-refractivity contribution in [1.82, 2.24) is 9.55 Å². The van der Waals surface area contributed by atoms with Gasteiger partial charge in [-0.05, 0) is 38.9 Å². The van der Waals surface area contributed by atoms with Crippen LogP contribution in [-0.4, -0.2) is 48.0 Å². The van der Waals surface area contributed by atoms with Crippen LogP contribution in [0.3, 0.4) is 0 Å². The summed E-state index contributed by atoms with van der Waals surface area (Å²) in [6, 6.07) is 67.9. The van der Waals surface area contributed by atoms with Crippen molar-refractivity contribution < 1.29 is 31.9 Å². The molecule has 1 N–H and O–H groups in total. The number of ether oxygens (including phenoxy) is 3. The van der Waals surface area contributed by atoms with E-state index in [0.29, 0.717) is 5.56 Å². The van der Waals surface area contributed by atoms with Crippen molar-refractivity contribution in [3.8, 4) is 0 Å². The van der Waals surface area contributed by atoms with Gasteiger partial charge in [0.1, 0.15) is 41.5 Å². The van der Waals surface area contributed by atoms with Gasteiger partial charge in [-0.25, -0.2) is 4.98 Å². The monoisotopic (exact) mass is 884 g/mol. The Balaban J connectivity index is 1.28. The molecule has 330 valence electrons. The van der Waals surface area contributed by atoms with Gasteiger partial charge >= 0.3 is 0 Å². The molecule has 65 heavy (non-hydrogen) atoms. The Hall–Kier alpha value is -6.50. The first-order valence-corrected chi connectivity index (χ1v) is 23.2. The van der Waals surface area contributed by atoms with E-state index < -0.39 is 45.8 Å². The van der Waals surface area contributed by atoms with Crippen molar-refractivity contribution >= 4 is 10.1 Å². The maximum absolute atomic E-state index is 14.2. The Morgan fingerprint density at radius 1 is 0.508 bits per heavy atom. The quantitative estimate of drug-likeness (QED) is 0.0530. The molecule has 0 unspecified atom stereocenters. The second-order valence-electron chi connectivity index (χ2n) is 15.8. The average Bonchev–Trinajstić information content (AvgIpc) is 3.85. The van der Waals surface area contributed by atoms with Crippen LogP contribution >= 0.6 is 0 Å². The molecule has 0 aliphatic carbocycles. The summed E-state index contributed by atoms with van der Waals surface area (Å²) in [7, 11) is -4.29. The molecule has 9 nitrogen and oxygen atoms in total. The first-order chi connectivity index (χ1) is 31.9. The molecule has 0 saturated carbocycles. The largest absolute Gasteiger partial charge is 0.382 e. The topological polar surface area (TPSA) is 109 Å². The standard InChI is InChI=1S/C55H52N2O7S/c58-51(54-56-36-37-57(54)55(47-30-16-5-17-31-47,48-32-18-6-19-33-48)49-34-20-7-21-35-49)53(63-40-45-26-12-3-13-27-45)52(62-39-44-24-10-2-11-25-44)50(41-61-38-43-22-8-1-9-23-43)64-65(59,60)42-46-28-14-4-15-29-46/h1-37,50-53,58H,38-42H2/t50-,51-,52-,53+/m0/s1. The molecule has 1 heterocycles. The minimum absolute atomic E-state index is 0.0388. The number of hydrogen-bond acceptors (Lipinski definition) is 8. The van der Waals surface area contributed by atoms with E-state index in [0.717, 1.165) is 33.4 Å². The van der Waals surface area contributed by atoms with Crippen LogP contribution in [0.5, 0.6) is 0 Å². The van der Waals surface area contributed by atoms with Crippen LogP contribution < -0.4 is 0 Å². The molecule has 7 aromatic carbocycles. The van der Waals surface area contributed by atoms with Gasteiger partial charge in [0.15, 0.2) is 0 Å². The van der Waals surface area contributed by atoms with Crippen molar-refractivity contribution in [3.05, 3.63) is 269 Å². The molecule has 10 heteroatoms. The summed E-state index contributed by atoms with van der Waals surface area (Å²) < 4.78 is 56.7. The molecule has 0 bridgehead atoms. The molecule has 4 atom stereocenters. The zero-order chi connectivity index (χ0) is 44.7. The summed E-state index contributed by atoms with van der Waals surface area (Å²) in [4.78, 5) is 4.91. The highest BCUT2D eigenvalue weighted by Gasteiger charge is 2.45. The Bertz CT molecular complexity index is 2630. The third-order valence-electron chi connectivity index (χ3n) is 11.3. The molecular formula is C55H52N2O7S. The maximum atomic E-state index is 14.2. The van der Waals surface area contributed by atoms with Crippen LogP contribution in [0.1, 0.15) is 50.9 Å². The molecule has 0 aliphatic rings. The van der Waals surface area contributed by atoms with Crippen LogP contribution in [0.25, 0.3) is 0 Å². The molecule has 0 fully saturated rings. The van der Waals surface area contributed by atoms with E-state index in [4.69, 9.17) is 23.4 Å². The molecule has 0 amide bonds. The second-order valence-corrected chi connectivity index (χ2v) is 17.4. The molecule has 1 aromatic heterocycles. The molecular weight excluding hydrogens is 833 g/mol. The van der Waals surface area contributed by atoms with Crippen molar-refractivity contribution in [3.63, 3.8) is 0 Å². The predicted molar refractivity (Wildman–Crippen MR) is 252 cm³/mol. The van der Waals surface area contributed by atoms with Gasteiger partial charge in [-0.1, -0.05) is 212 Å². The lowest BCUT2D eigenvalue weighted by Crippen LogP contribution is -2.49. The highest BCUT2D eigenvalue weighted by atomic mass is 32.2. The summed E-state index contributed by atoms with van der Waals surface area (Å²) in [5.74, 6) is -0.144. The number of aliphatic hydroxyl groups is 1. The van der Waals surface area contributed by atoms with Gasteiger partial charge in [0, 0.05) is 12.4 Å². The predicted octanol–water partition coefficient (Wildman–Crippen LogP) is 10.1. The van der Waals surface area contributed by atoms with Crippen molar-refractivity contribution in [2.24, 2.45) is 0 Å². The normalized spacial score (nSPS) is 13.7. The van der Waals surface area contributed by atoms with Gasteiger partial charge in [-0.2, -0.15) is 8.42 Å². The van der Waals surface area contributed by atoms with Crippen LogP contribution in [-0.2, 0) is 59.6 Å². The lowest BCUT2D eigenvalue weighted by molar-refractivity contribution is -0.173. The Morgan fingerprint density at radius 3 is 1.34 bits per heavy atom. The van der Waals surface area contributed by atoms with E-state index in [1.165, 1.54) is 0 Å². The van der Waals surface area contributed by atoms with Gasteiger partial charge in [-0.15, -0.1) is 0 Å². The van der Waals surface area contributed by atoms with Crippen molar-refractivity contribution in [2.45, 2.75) is 55.5 Å². The zero-order valence-corrected chi connectivity index (χ0v) is 36.7. The van der Waals surface area contributed by atoms with Crippen LogP contribution in [0.2, 0.25) is 0 Å². The Labute approximate surface area is 381 Å². The number of nitrogens with zero attached hydrogens (tertiary/aromatic N) is 2. The third kappa shape index (κ3) is 11.2. The lowest BCUT2D eigenvalue weighted by Gasteiger charge is -2.40. The second kappa shape index (κ2) is 21.9. The molecule has 0 radical (unpaired) electrons. The van der Waals surface area contributed by atoms with Gasteiger partial charge in [0.2, 0.25) is 0 Å². The summed E-state index contributed by atoms with van der Waals surface area (Å²) >= 11 is 0. The zero-order valence-electron chi connectivity index (χ0n) is 35.9. The van der Waals surface area contributed by atoms with Crippen LogP contribution in [0, 0.1) is 0 Å². The average molecular weight is 885 g/mol. The number of benzene rings is 7. The van der Waals surface area contributed by atoms with E-state index in [2.05, 4.69) is 36.4 Å². The van der Waals surface area contributed by atoms with E-state index in [1.54, 1.807) is 30.5 Å². The molecule has 0 saturated heterocycles. The van der Waals surface area contributed by atoms with E-state index >= 15 is 0 Å². The minimum Gasteiger partial charge on any atom is -0.382 e. The number of rotatable bonds is 22. The number of imidazole rings is 1. The number of hydrogen-bond donors (Lipinski definition) is 1. The first-order valence-electron chi connectivity index (χ1n) is 21.7. The van der Waals surface area contributed by atoms with E-state index in [-0.39, 0.29) is 32.3 Å². The molecule has 8 rings (SSSR count). The summed E-state index contributed by atoms with van der Waals surface area (Å²) in [6.45, 7) is 0.0267. The fourth-order valence-corrected chi connectivity index (χ4v) is 9.49. The molecule has 0 spiro atoms. The van der Waals surface area contributed by atoms with Crippen LogP contribution in [0.4, 0.5) is 0 Å². The van der Waals surface area contributed by atoms with Gasteiger partial charge in [0.25, 0.3) is 10.1 Å². The highest BCUT2D eigenvalue weighted by molar-refractivity contribution is 7.85. The Kier molecular flexibility index (Phi) is 15.2. The van der Waals surface area contributed by atoms with Crippen molar-refractivity contribution in [2.75, 3.05) is 6.61 Å². The van der Waals surface area contributed by atoms with Gasteiger partial charge in [0.05, 0.1) is 26.4 Å². The third-order valence-corrected chi connectivity index (χ3v) is 12.5. The summed E-state index contributed by atoms with van der Waals surface area (Å²) in [6.07, 6.45) is -1.84. The number of aliphatic hydroxyl groups excluding tert-OH is 1. The minimum atomic E-state index is -4.29. The smallest absolute Gasteiger partial charge is 0.271 e. The fraction of sp³-hybridized carbons (Fsp3) is 0.182. The maximum Gasteiger partial charge on any atom is 0.271 e. The van der Waals surface area contributed by atoms with Crippen LogP contribution in [0.15, 0.2) is 225 Å². The molecule has 0 aliphatic heterocycles. The van der Waals surface area contributed by atoms with E-state index in [1.807, 2.05) is 162 Å². The van der Waals surface area contributed by atoms with E-state index in [9.17, 15) is 13.5 Å². The number of aromatic nitrogens is 2. The van der Waals surface area contributed by atoms with Crippen molar-refractivity contribution in [1.29, 1.82) is 0 Å². The fourth-order valence-electron chi connectivity index (χ4n) is 8.28. The lowest BCUT2D eigenvalue weighted by atomic mass is 9.76. The van der Waals surface area contributed by atoms with Gasteiger partial charge in [-0.3, -0.25) is 4.18 Å². The SMILES string of the molecule is O=S(=O)(Cc1ccccc1)O[C@@H](COCc1ccccc1)[C@H](OCc1ccccc1)[C@H](OCc1ccccc1)[C@H](O)c1nccn1C(c1ccccc1)(c1ccccc1)c1ccccc1. The summed E-state index contributed by atoms with van der Waals surface area (Å²) in [5.41, 5.74) is 4.81. The first kappa shape index (κ1) is 45.1. The Morgan fingerprint density at radius 2 is 0.892 bits per heavy atom. The highest BCUT2D eigenvalue weighted by Crippen LogP contribution is 2.43. The molecule has 8 aromatic rings. The summed E-state index contributed by atoms with van der Waals surface area (Å²) in [5, 5.41) is 13.3. The van der Waals surface area contributed by atoms with Gasteiger partial charge < -0.3 is 23.9 Å².